The highest BCUT2D eigenvalue weighted by molar-refractivity contribution is 6.80. The van der Waals surface area contributed by atoms with Crippen LogP contribution in [0, 0.1) is 5.92 Å². The third-order valence-corrected chi connectivity index (χ3v) is 11.0. The maximum Gasteiger partial charge on any atom is 0.0550 e. The first-order valence-electron chi connectivity index (χ1n) is 8.41. The minimum Gasteiger partial charge on any atom is -0.381 e. The van der Waals surface area contributed by atoms with Gasteiger partial charge in [-0.05, 0) is 29.8 Å². The van der Waals surface area contributed by atoms with Crippen molar-refractivity contribution >= 4 is 8.07 Å². The van der Waals surface area contributed by atoms with Crippen LogP contribution in [0.3, 0.4) is 0 Å². The van der Waals surface area contributed by atoms with Gasteiger partial charge in [0.15, 0.2) is 0 Å². The van der Waals surface area contributed by atoms with Gasteiger partial charge in [-0.3, -0.25) is 0 Å². The molecule has 0 unspecified atom stereocenters. The van der Waals surface area contributed by atoms with E-state index in [0.29, 0.717) is 5.04 Å². The Kier molecular flexibility index (Phi) is 7.10. The van der Waals surface area contributed by atoms with Crippen molar-refractivity contribution < 1.29 is 4.74 Å². The second-order valence-electron chi connectivity index (χ2n) is 8.17. The Labute approximate surface area is 122 Å². The monoisotopic (exact) mass is 284 g/mol. The number of hydrogen-bond acceptors (Lipinski definition) is 1. The van der Waals surface area contributed by atoms with E-state index in [9.17, 15) is 0 Å². The Morgan fingerprint density at radius 3 is 2.00 bits per heavy atom. The minimum absolute atomic E-state index is 0.497. The largest absolute Gasteiger partial charge is 0.381 e. The quantitative estimate of drug-likeness (QED) is 0.453. The van der Waals surface area contributed by atoms with E-state index in [4.69, 9.17) is 4.74 Å². The molecule has 1 fully saturated rings. The van der Waals surface area contributed by atoms with Gasteiger partial charge in [-0.1, -0.05) is 66.0 Å². The highest BCUT2D eigenvalue weighted by Crippen LogP contribution is 2.38. The summed E-state index contributed by atoms with van der Waals surface area (Å²) in [5, 5.41) is 0.497. The fraction of sp³-hybridized carbons (Fsp3) is 1.00. The molecular formula is C17H36OSi. The molecule has 114 valence electrons. The van der Waals surface area contributed by atoms with Gasteiger partial charge >= 0.3 is 0 Å². The standard InChI is InChI=1S/C17H36OSi/c1-17(2,3)19(4,5)14-13-18-15-16-11-9-7-6-8-10-12-16/h16H,6-15H2,1-5H3. The van der Waals surface area contributed by atoms with Crippen molar-refractivity contribution in [3.8, 4) is 0 Å². The zero-order valence-corrected chi connectivity index (χ0v) is 15.1. The van der Waals surface area contributed by atoms with Crippen LogP contribution in [-0.4, -0.2) is 21.3 Å². The van der Waals surface area contributed by atoms with Crippen LogP contribution in [0.25, 0.3) is 0 Å². The lowest BCUT2D eigenvalue weighted by Gasteiger charge is -2.37. The molecule has 0 amide bonds. The Hall–Kier alpha value is 0.177. The second kappa shape index (κ2) is 7.83. The molecule has 0 spiro atoms. The van der Waals surface area contributed by atoms with Crippen LogP contribution in [-0.2, 0) is 4.74 Å². The maximum atomic E-state index is 6.04. The maximum absolute atomic E-state index is 6.04. The molecule has 1 nitrogen and oxygen atoms in total. The molecule has 0 atom stereocenters. The third-order valence-electron chi connectivity index (χ3n) is 5.48. The normalized spacial score (nSPS) is 20.1. The number of ether oxygens (including phenoxy) is 1. The summed E-state index contributed by atoms with van der Waals surface area (Å²) in [5.74, 6) is 0.847. The average molecular weight is 285 g/mol. The summed E-state index contributed by atoms with van der Waals surface area (Å²) in [6, 6.07) is 1.31. The molecular weight excluding hydrogens is 248 g/mol. The zero-order valence-electron chi connectivity index (χ0n) is 14.1. The van der Waals surface area contributed by atoms with E-state index in [1.165, 1.54) is 51.0 Å². The minimum atomic E-state index is -1.13. The van der Waals surface area contributed by atoms with Crippen LogP contribution >= 0.6 is 0 Å². The molecule has 0 bridgehead atoms. The van der Waals surface area contributed by atoms with E-state index in [1.807, 2.05) is 0 Å². The summed E-state index contributed by atoms with van der Waals surface area (Å²) in [4.78, 5) is 0. The predicted molar refractivity (Wildman–Crippen MR) is 88.6 cm³/mol. The molecule has 1 rings (SSSR count). The summed E-state index contributed by atoms with van der Waals surface area (Å²) < 4.78 is 6.04. The Bertz CT molecular complexity index is 234. The summed E-state index contributed by atoms with van der Waals surface area (Å²) in [7, 11) is -1.13. The van der Waals surface area contributed by atoms with Gasteiger partial charge in [0.05, 0.1) is 8.07 Å². The van der Waals surface area contributed by atoms with Crippen LogP contribution < -0.4 is 0 Å². The van der Waals surface area contributed by atoms with Gasteiger partial charge in [-0.15, -0.1) is 0 Å². The first-order valence-corrected chi connectivity index (χ1v) is 11.6. The molecule has 0 aromatic heterocycles. The molecule has 0 radical (unpaired) electrons. The molecule has 0 aromatic rings. The topological polar surface area (TPSA) is 9.23 Å². The van der Waals surface area contributed by atoms with Gasteiger partial charge in [0.1, 0.15) is 0 Å². The van der Waals surface area contributed by atoms with Crippen LogP contribution in [0.1, 0.15) is 65.7 Å². The van der Waals surface area contributed by atoms with Crippen molar-refractivity contribution in [1.29, 1.82) is 0 Å². The van der Waals surface area contributed by atoms with Crippen molar-refractivity contribution in [2.75, 3.05) is 13.2 Å². The van der Waals surface area contributed by atoms with Gasteiger partial charge in [0, 0.05) is 13.2 Å². The molecule has 0 aromatic carbocycles. The third kappa shape index (κ3) is 6.44. The first kappa shape index (κ1) is 17.2. The molecule has 2 heteroatoms. The van der Waals surface area contributed by atoms with E-state index in [1.54, 1.807) is 0 Å². The van der Waals surface area contributed by atoms with Crippen molar-refractivity contribution in [2.24, 2.45) is 5.92 Å². The lowest BCUT2D eigenvalue weighted by molar-refractivity contribution is 0.0983. The van der Waals surface area contributed by atoms with Gasteiger partial charge in [-0.2, -0.15) is 0 Å². The van der Waals surface area contributed by atoms with Gasteiger partial charge in [0.25, 0.3) is 0 Å². The van der Waals surface area contributed by atoms with Crippen molar-refractivity contribution in [3.63, 3.8) is 0 Å². The van der Waals surface area contributed by atoms with E-state index in [2.05, 4.69) is 33.9 Å². The van der Waals surface area contributed by atoms with Crippen molar-refractivity contribution in [2.45, 2.75) is 89.9 Å². The van der Waals surface area contributed by atoms with Crippen LogP contribution in [0.4, 0.5) is 0 Å². The Morgan fingerprint density at radius 1 is 0.947 bits per heavy atom. The van der Waals surface area contributed by atoms with Crippen LogP contribution in [0.2, 0.25) is 24.2 Å². The summed E-state index contributed by atoms with van der Waals surface area (Å²) in [5.41, 5.74) is 0. The van der Waals surface area contributed by atoms with E-state index >= 15 is 0 Å². The lowest BCUT2D eigenvalue weighted by Crippen LogP contribution is -2.38. The Balaban J connectivity index is 2.19. The van der Waals surface area contributed by atoms with Crippen molar-refractivity contribution in [1.82, 2.24) is 0 Å². The lowest BCUT2D eigenvalue weighted by atomic mass is 9.92. The van der Waals surface area contributed by atoms with Crippen LogP contribution in [0.5, 0.6) is 0 Å². The number of rotatable bonds is 5. The van der Waals surface area contributed by atoms with Crippen LogP contribution in [0.15, 0.2) is 0 Å². The molecule has 1 saturated carbocycles. The fourth-order valence-electron chi connectivity index (χ4n) is 2.66. The van der Waals surface area contributed by atoms with Gasteiger partial charge < -0.3 is 4.74 Å². The summed E-state index contributed by atoms with van der Waals surface area (Å²) in [6.45, 7) is 14.2. The first-order chi connectivity index (χ1) is 8.83. The van der Waals surface area contributed by atoms with E-state index < -0.39 is 8.07 Å². The summed E-state index contributed by atoms with van der Waals surface area (Å²) in [6.07, 6.45) is 10.0. The molecule has 0 saturated heterocycles. The highest BCUT2D eigenvalue weighted by atomic mass is 28.3. The number of hydrogen-bond donors (Lipinski definition) is 0. The van der Waals surface area contributed by atoms with E-state index in [0.717, 1.165) is 19.1 Å². The zero-order chi connectivity index (χ0) is 14.4. The molecule has 0 aliphatic heterocycles. The molecule has 0 N–H and O–H groups in total. The smallest absolute Gasteiger partial charge is 0.0550 e. The molecule has 1 aliphatic carbocycles. The van der Waals surface area contributed by atoms with Gasteiger partial charge in [-0.25, -0.2) is 0 Å². The Morgan fingerprint density at radius 2 is 1.47 bits per heavy atom. The van der Waals surface area contributed by atoms with Crippen molar-refractivity contribution in [3.05, 3.63) is 0 Å². The summed E-state index contributed by atoms with van der Waals surface area (Å²) >= 11 is 0. The van der Waals surface area contributed by atoms with E-state index in [-0.39, 0.29) is 0 Å². The predicted octanol–water partition coefficient (Wildman–Crippen LogP) is 5.87. The molecule has 0 heterocycles. The molecule has 19 heavy (non-hydrogen) atoms. The van der Waals surface area contributed by atoms with Gasteiger partial charge in [0.2, 0.25) is 0 Å². The molecule has 1 aliphatic rings. The average Bonchev–Trinajstić information content (AvgIpc) is 2.24. The highest BCUT2D eigenvalue weighted by Gasteiger charge is 2.34. The second-order valence-corrected chi connectivity index (χ2v) is 13.9. The fourth-order valence-corrected chi connectivity index (χ4v) is 4.06. The SMILES string of the molecule is CC(C)(C)[Si](C)(C)CCOCC1CCCCCCC1.